The number of nitrogens with one attached hydrogen (secondary N) is 1. The summed E-state index contributed by atoms with van der Waals surface area (Å²) in [5.74, 6) is -0.0726. The summed E-state index contributed by atoms with van der Waals surface area (Å²) in [6.45, 7) is 1.30. The minimum absolute atomic E-state index is 0.0352. The number of fused-ring (bicyclic) bond motifs is 2. The summed E-state index contributed by atoms with van der Waals surface area (Å²) >= 11 is 0. The number of benzene rings is 2. The molecule has 0 radical (unpaired) electrons. The molecule has 1 fully saturated rings. The van der Waals surface area contributed by atoms with Gasteiger partial charge >= 0.3 is 5.63 Å². The van der Waals surface area contributed by atoms with Crippen LogP contribution in [0.1, 0.15) is 34.3 Å². The Morgan fingerprint density at radius 1 is 1.03 bits per heavy atom. The molecule has 0 unspecified atom stereocenters. The molecular formula is C23H20N2O4. The average Bonchev–Trinajstić information content (AvgIpc) is 3.57. The van der Waals surface area contributed by atoms with Crippen molar-refractivity contribution in [2.45, 2.75) is 25.8 Å². The zero-order valence-corrected chi connectivity index (χ0v) is 15.8. The number of hydrogen-bond acceptors (Lipinski definition) is 4. The molecule has 0 saturated heterocycles. The monoisotopic (exact) mass is 388 g/mol. The Labute approximate surface area is 167 Å². The Hall–Kier alpha value is -3.41. The number of hydrogen-bond donors (Lipinski definition) is 1. The van der Waals surface area contributed by atoms with Gasteiger partial charge in [-0.15, -0.1) is 0 Å². The zero-order chi connectivity index (χ0) is 20.0. The molecule has 5 rings (SSSR count). The molecule has 29 heavy (non-hydrogen) atoms. The molecule has 2 aromatic carbocycles. The summed E-state index contributed by atoms with van der Waals surface area (Å²) in [4.78, 5) is 39.2. The summed E-state index contributed by atoms with van der Waals surface area (Å²) < 4.78 is 5.25. The molecule has 2 heterocycles. The van der Waals surface area contributed by atoms with Gasteiger partial charge < -0.3 is 14.6 Å². The normalized spacial score (nSPS) is 15.8. The highest BCUT2D eigenvalue weighted by Gasteiger charge is 2.34. The molecule has 2 aliphatic rings. The van der Waals surface area contributed by atoms with E-state index in [0.29, 0.717) is 23.2 Å². The third kappa shape index (κ3) is 3.42. The van der Waals surface area contributed by atoms with E-state index in [-0.39, 0.29) is 17.4 Å². The second-order valence-electron chi connectivity index (χ2n) is 7.71. The zero-order valence-electron chi connectivity index (χ0n) is 15.8. The minimum Gasteiger partial charge on any atom is -0.422 e. The molecule has 1 aromatic heterocycles. The van der Waals surface area contributed by atoms with Crippen molar-refractivity contribution in [2.24, 2.45) is 5.92 Å². The van der Waals surface area contributed by atoms with Crippen LogP contribution in [0.25, 0.3) is 11.0 Å². The van der Waals surface area contributed by atoms with Crippen LogP contribution in [-0.2, 0) is 17.8 Å². The summed E-state index contributed by atoms with van der Waals surface area (Å²) in [5.41, 5.74) is 2.57. The number of carbonyl (C=O) groups excluding carboxylic acids is 2. The molecule has 6 heteroatoms. The van der Waals surface area contributed by atoms with Gasteiger partial charge in [0, 0.05) is 30.1 Å². The van der Waals surface area contributed by atoms with Crippen molar-refractivity contribution in [3.8, 4) is 0 Å². The van der Waals surface area contributed by atoms with Gasteiger partial charge in [-0.3, -0.25) is 9.59 Å². The fraction of sp³-hybridized carbons (Fsp3) is 0.261. The first-order valence-electron chi connectivity index (χ1n) is 9.83. The number of rotatable bonds is 3. The molecule has 146 valence electrons. The van der Waals surface area contributed by atoms with Gasteiger partial charge in [0.2, 0.25) is 5.91 Å². The van der Waals surface area contributed by atoms with E-state index in [2.05, 4.69) is 5.32 Å². The van der Waals surface area contributed by atoms with Crippen LogP contribution in [0.4, 0.5) is 5.69 Å². The highest BCUT2D eigenvalue weighted by atomic mass is 16.4. The third-order valence-corrected chi connectivity index (χ3v) is 5.60. The Kier molecular flexibility index (Phi) is 4.19. The van der Waals surface area contributed by atoms with E-state index in [0.717, 1.165) is 31.4 Å². The Morgan fingerprint density at radius 3 is 2.69 bits per heavy atom. The van der Waals surface area contributed by atoms with E-state index in [1.807, 2.05) is 29.2 Å². The van der Waals surface area contributed by atoms with Crippen molar-refractivity contribution in [3.63, 3.8) is 0 Å². The molecule has 0 spiro atoms. The molecule has 1 aliphatic carbocycles. The standard InChI is InChI=1S/C23H20N2O4/c26-21(19-12-16-3-1-2-4-20(16)29-23(19)28)24-18-8-7-14-9-10-25(13-17(14)11-18)22(27)15-5-6-15/h1-4,7-8,11-12,15H,5-6,9-10,13H2,(H,24,26). The largest absolute Gasteiger partial charge is 0.422 e. The van der Waals surface area contributed by atoms with Crippen LogP contribution >= 0.6 is 0 Å². The van der Waals surface area contributed by atoms with Crippen molar-refractivity contribution in [3.05, 3.63) is 75.6 Å². The molecule has 0 atom stereocenters. The first-order valence-corrected chi connectivity index (χ1v) is 9.83. The van der Waals surface area contributed by atoms with E-state index >= 15 is 0 Å². The molecule has 2 amide bonds. The fourth-order valence-corrected chi connectivity index (χ4v) is 3.83. The predicted molar refractivity (Wildman–Crippen MR) is 109 cm³/mol. The van der Waals surface area contributed by atoms with Crippen LogP contribution in [-0.4, -0.2) is 23.3 Å². The minimum atomic E-state index is -0.666. The molecule has 3 aromatic rings. The smallest absolute Gasteiger partial charge is 0.349 e. The first kappa shape index (κ1) is 17.7. The van der Waals surface area contributed by atoms with Crippen LogP contribution in [0, 0.1) is 5.92 Å². The maximum absolute atomic E-state index is 12.7. The molecule has 1 aliphatic heterocycles. The van der Waals surface area contributed by atoms with Gasteiger partial charge in [-0.1, -0.05) is 24.3 Å². The van der Waals surface area contributed by atoms with Crippen LogP contribution < -0.4 is 10.9 Å². The summed E-state index contributed by atoms with van der Waals surface area (Å²) in [6.07, 6.45) is 2.80. The number of carbonyl (C=O) groups is 2. The lowest BCUT2D eigenvalue weighted by Gasteiger charge is -2.29. The second kappa shape index (κ2) is 6.88. The van der Waals surface area contributed by atoms with Gasteiger partial charge in [0.1, 0.15) is 11.1 Å². The molecular weight excluding hydrogens is 368 g/mol. The van der Waals surface area contributed by atoms with Crippen molar-refractivity contribution in [2.75, 3.05) is 11.9 Å². The SMILES string of the molecule is O=C(Nc1ccc2c(c1)CN(C(=O)C1CC1)CC2)c1cc2ccccc2oc1=O. The highest BCUT2D eigenvalue weighted by molar-refractivity contribution is 6.05. The molecule has 0 bridgehead atoms. The number of amides is 2. The highest BCUT2D eigenvalue weighted by Crippen LogP contribution is 2.33. The van der Waals surface area contributed by atoms with Gasteiger partial charge in [0.05, 0.1) is 0 Å². The van der Waals surface area contributed by atoms with E-state index in [1.165, 1.54) is 5.56 Å². The molecule has 1 N–H and O–H groups in total. The van der Waals surface area contributed by atoms with Gasteiger partial charge in [-0.05, 0) is 54.7 Å². The van der Waals surface area contributed by atoms with Gasteiger partial charge in [0.25, 0.3) is 5.91 Å². The van der Waals surface area contributed by atoms with Crippen LogP contribution in [0.3, 0.4) is 0 Å². The third-order valence-electron chi connectivity index (χ3n) is 5.60. The van der Waals surface area contributed by atoms with Gasteiger partial charge in [-0.2, -0.15) is 0 Å². The van der Waals surface area contributed by atoms with Crippen molar-refractivity contribution >= 4 is 28.5 Å². The number of para-hydroxylation sites is 1. The lowest BCUT2D eigenvalue weighted by molar-refractivity contribution is -0.133. The number of nitrogens with zero attached hydrogens (tertiary/aromatic N) is 1. The van der Waals surface area contributed by atoms with Gasteiger partial charge in [0.15, 0.2) is 0 Å². The van der Waals surface area contributed by atoms with E-state index < -0.39 is 11.5 Å². The lowest BCUT2D eigenvalue weighted by Crippen LogP contribution is -2.36. The predicted octanol–water partition coefficient (Wildman–Crippen LogP) is 3.34. The fourth-order valence-electron chi connectivity index (χ4n) is 3.83. The molecule has 6 nitrogen and oxygen atoms in total. The van der Waals surface area contributed by atoms with E-state index in [4.69, 9.17) is 4.42 Å². The van der Waals surface area contributed by atoms with Crippen LogP contribution in [0.15, 0.2) is 57.7 Å². The van der Waals surface area contributed by atoms with Crippen LogP contribution in [0.5, 0.6) is 0 Å². The Balaban J connectivity index is 1.38. The van der Waals surface area contributed by atoms with Crippen molar-refractivity contribution in [1.29, 1.82) is 0 Å². The quantitative estimate of drug-likeness (QED) is 0.698. The van der Waals surface area contributed by atoms with E-state index in [1.54, 1.807) is 24.3 Å². The summed E-state index contributed by atoms with van der Waals surface area (Å²) in [7, 11) is 0. The van der Waals surface area contributed by atoms with Gasteiger partial charge in [-0.25, -0.2) is 4.79 Å². The maximum Gasteiger partial charge on any atom is 0.349 e. The lowest BCUT2D eigenvalue weighted by atomic mass is 9.98. The Bertz CT molecular complexity index is 1190. The topological polar surface area (TPSA) is 79.6 Å². The first-order chi connectivity index (χ1) is 14.1. The van der Waals surface area contributed by atoms with Crippen LogP contribution in [0.2, 0.25) is 0 Å². The van der Waals surface area contributed by atoms with E-state index in [9.17, 15) is 14.4 Å². The summed E-state index contributed by atoms with van der Waals surface area (Å²) in [6, 6.07) is 14.3. The second-order valence-corrected chi connectivity index (χ2v) is 7.71. The Morgan fingerprint density at radius 2 is 1.86 bits per heavy atom. The number of anilines is 1. The summed E-state index contributed by atoms with van der Waals surface area (Å²) in [5, 5.41) is 3.48. The van der Waals surface area contributed by atoms with Crippen molar-refractivity contribution < 1.29 is 14.0 Å². The molecule has 1 saturated carbocycles. The maximum atomic E-state index is 12.7. The average molecular weight is 388 g/mol. The van der Waals surface area contributed by atoms with Crippen molar-refractivity contribution in [1.82, 2.24) is 4.90 Å².